The highest BCUT2D eigenvalue weighted by Gasteiger charge is 2.35. The van der Waals surface area contributed by atoms with Gasteiger partial charge in [-0.25, -0.2) is 8.42 Å². The lowest BCUT2D eigenvalue weighted by Gasteiger charge is -2.33. The van der Waals surface area contributed by atoms with Crippen molar-refractivity contribution in [1.29, 1.82) is 0 Å². The van der Waals surface area contributed by atoms with E-state index in [0.717, 1.165) is 53.6 Å². The van der Waals surface area contributed by atoms with E-state index in [0.29, 0.717) is 0 Å². The summed E-state index contributed by atoms with van der Waals surface area (Å²) in [5.74, 6) is -0.897. The fraction of sp³-hybridized carbons (Fsp3) is 0.394. The first kappa shape index (κ1) is 34.7. The van der Waals surface area contributed by atoms with E-state index >= 15 is 0 Å². The lowest BCUT2D eigenvalue weighted by Crippen LogP contribution is -2.53. The Labute approximate surface area is 274 Å². The minimum Gasteiger partial charge on any atom is -0.495 e. The molecule has 4 rings (SSSR count). The van der Waals surface area contributed by atoms with E-state index in [4.69, 9.17) is 16.3 Å². The first-order valence-electron chi connectivity index (χ1n) is 15.1. The summed E-state index contributed by atoms with van der Waals surface area (Å²) < 4.78 is 34.8. The van der Waals surface area contributed by atoms with E-state index in [1.165, 1.54) is 49.3 Å². The van der Waals surface area contributed by atoms with E-state index in [9.17, 15) is 28.1 Å². The number of halogens is 1. The number of amides is 2. The molecule has 1 atom stereocenters. The maximum Gasteiger partial charge on any atom is 0.273 e. The number of anilines is 1. The van der Waals surface area contributed by atoms with Crippen LogP contribution in [0.25, 0.3) is 0 Å². The van der Waals surface area contributed by atoms with Crippen LogP contribution in [-0.2, 0) is 26.2 Å². The molecule has 0 heterocycles. The Kier molecular flexibility index (Phi) is 11.3. The predicted molar refractivity (Wildman–Crippen MR) is 177 cm³/mol. The maximum atomic E-state index is 14.3. The molecule has 1 fully saturated rings. The van der Waals surface area contributed by atoms with Gasteiger partial charge in [0.2, 0.25) is 11.8 Å². The molecule has 1 saturated carbocycles. The smallest absolute Gasteiger partial charge is 0.273 e. The van der Waals surface area contributed by atoms with Crippen molar-refractivity contribution >= 4 is 44.8 Å². The third-order valence-electron chi connectivity index (χ3n) is 8.25. The number of nitrogens with one attached hydrogen (secondary N) is 1. The first-order valence-corrected chi connectivity index (χ1v) is 16.9. The molecule has 13 heteroatoms. The molecular formula is C33H39ClN4O7S. The molecule has 1 aliphatic rings. The summed E-state index contributed by atoms with van der Waals surface area (Å²) in [5, 5.41) is 14.9. The standard InChI is InChI=1S/C33H39ClN4O7S/c1-22-10-13-25(14-11-22)20-36(24(3)33(40)35-27-8-6-5-7-9-27)32(39)21-37(30-18-26(34)15-17-31(30)45-4)46(43,44)28-16-12-23(2)29(19-28)38(41)42/h10-19,24,27H,5-9,20-21H2,1-4H3,(H,35,40)/t24-/m0/s1. The second-order valence-corrected chi connectivity index (χ2v) is 13.9. The van der Waals surface area contributed by atoms with Gasteiger partial charge in [0.15, 0.2) is 0 Å². The van der Waals surface area contributed by atoms with Gasteiger partial charge < -0.3 is 15.0 Å². The Morgan fingerprint density at radius 1 is 1.04 bits per heavy atom. The molecule has 3 aromatic carbocycles. The van der Waals surface area contributed by atoms with Crippen LogP contribution in [0.3, 0.4) is 0 Å². The average molecular weight is 671 g/mol. The van der Waals surface area contributed by atoms with Crippen molar-refractivity contribution in [1.82, 2.24) is 10.2 Å². The van der Waals surface area contributed by atoms with Crippen LogP contribution in [0, 0.1) is 24.0 Å². The molecule has 46 heavy (non-hydrogen) atoms. The number of nitrogens with zero attached hydrogens (tertiary/aromatic N) is 3. The van der Waals surface area contributed by atoms with Crippen LogP contribution in [0.2, 0.25) is 5.02 Å². The zero-order chi connectivity index (χ0) is 33.6. The molecule has 0 aliphatic heterocycles. The highest BCUT2D eigenvalue weighted by molar-refractivity contribution is 7.92. The highest BCUT2D eigenvalue weighted by Crippen LogP contribution is 2.36. The number of rotatable bonds is 12. The van der Waals surface area contributed by atoms with E-state index < -0.39 is 38.3 Å². The first-order chi connectivity index (χ1) is 21.8. The van der Waals surface area contributed by atoms with Crippen molar-refractivity contribution in [2.75, 3.05) is 18.0 Å². The molecule has 0 radical (unpaired) electrons. The number of aryl methyl sites for hydroxylation is 2. The second-order valence-electron chi connectivity index (χ2n) is 11.6. The molecule has 246 valence electrons. The largest absolute Gasteiger partial charge is 0.495 e. The van der Waals surface area contributed by atoms with Crippen LogP contribution in [0.1, 0.15) is 55.7 Å². The summed E-state index contributed by atoms with van der Waals surface area (Å²) in [6, 6.07) is 14.4. The normalized spacial score (nSPS) is 14.3. The number of benzene rings is 3. The van der Waals surface area contributed by atoms with E-state index in [2.05, 4.69) is 5.32 Å². The number of carbonyl (C=O) groups is 2. The van der Waals surface area contributed by atoms with Gasteiger partial charge in [-0.15, -0.1) is 0 Å². The van der Waals surface area contributed by atoms with Crippen molar-refractivity contribution in [2.45, 2.75) is 76.4 Å². The van der Waals surface area contributed by atoms with Gasteiger partial charge >= 0.3 is 0 Å². The average Bonchev–Trinajstić information content (AvgIpc) is 3.03. The Hall–Kier alpha value is -4.16. The Morgan fingerprint density at radius 3 is 2.35 bits per heavy atom. The molecule has 11 nitrogen and oxygen atoms in total. The lowest BCUT2D eigenvalue weighted by atomic mass is 9.95. The molecule has 1 aliphatic carbocycles. The number of nitro groups is 1. The molecule has 0 spiro atoms. The van der Waals surface area contributed by atoms with Gasteiger partial charge in [-0.1, -0.05) is 66.8 Å². The second kappa shape index (κ2) is 15.0. The van der Waals surface area contributed by atoms with Gasteiger partial charge in [0.1, 0.15) is 18.3 Å². The van der Waals surface area contributed by atoms with Crippen LogP contribution in [0.5, 0.6) is 5.75 Å². The van der Waals surface area contributed by atoms with Gasteiger partial charge in [-0.05, 0) is 63.4 Å². The van der Waals surface area contributed by atoms with Gasteiger partial charge in [-0.3, -0.25) is 24.0 Å². The minimum atomic E-state index is -4.61. The third kappa shape index (κ3) is 8.16. The van der Waals surface area contributed by atoms with Crippen LogP contribution in [-0.4, -0.2) is 55.8 Å². The summed E-state index contributed by atoms with van der Waals surface area (Å²) in [4.78, 5) is 39.8. The zero-order valence-corrected chi connectivity index (χ0v) is 27.9. The van der Waals surface area contributed by atoms with Gasteiger partial charge in [0.05, 0.1) is 22.6 Å². The number of sulfonamides is 1. The topological polar surface area (TPSA) is 139 Å². The number of hydrogen-bond donors (Lipinski definition) is 1. The third-order valence-corrected chi connectivity index (χ3v) is 10.2. The monoisotopic (exact) mass is 670 g/mol. The molecule has 0 unspecified atom stereocenters. The zero-order valence-electron chi connectivity index (χ0n) is 26.4. The molecule has 0 aromatic heterocycles. The van der Waals surface area contributed by atoms with Gasteiger partial charge in [-0.2, -0.15) is 0 Å². The fourth-order valence-corrected chi connectivity index (χ4v) is 7.09. The van der Waals surface area contributed by atoms with Crippen molar-refractivity contribution in [3.8, 4) is 5.75 Å². The lowest BCUT2D eigenvalue weighted by molar-refractivity contribution is -0.385. The van der Waals surface area contributed by atoms with Crippen LogP contribution < -0.4 is 14.4 Å². The molecule has 1 N–H and O–H groups in total. The fourth-order valence-electron chi connectivity index (χ4n) is 5.49. The Morgan fingerprint density at radius 2 is 1.72 bits per heavy atom. The van der Waals surface area contributed by atoms with Gasteiger partial charge in [0.25, 0.3) is 15.7 Å². The molecule has 0 saturated heterocycles. The summed E-state index contributed by atoms with van der Waals surface area (Å²) in [7, 11) is -3.27. The number of hydrogen-bond acceptors (Lipinski definition) is 7. The van der Waals surface area contributed by atoms with Crippen molar-refractivity contribution in [3.63, 3.8) is 0 Å². The summed E-state index contributed by atoms with van der Waals surface area (Å²) in [5.41, 5.74) is 1.61. The van der Waals surface area contributed by atoms with Crippen LogP contribution in [0.15, 0.2) is 65.6 Å². The van der Waals surface area contributed by atoms with E-state index in [1.807, 2.05) is 31.2 Å². The Balaban J connectivity index is 1.77. The van der Waals surface area contributed by atoms with Crippen LogP contribution >= 0.6 is 11.6 Å². The van der Waals surface area contributed by atoms with Crippen molar-refractivity contribution in [2.24, 2.45) is 0 Å². The summed E-state index contributed by atoms with van der Waals surface area (Å²) >= 11 is 6.29. The number of methoxy groups -OCH3 is 1. The van der Waals surface area contributed by atoms with Gasteiger partial charge in [0, 0.05) is 29.2 Å². The molecule has 0 bridgehead atoms. The molecular weight excluding hydrogens is 632 g/mol. The Bertz CT molecular complexity index is 1690. The van der Waals surface area contributed by atoms with E-state index in [-0.39, 0.29) is 46.2 Å². The SMILES string of the molecule is COc1ccc(Cl)cc1N(CC(=O)N(Cc1ccc(C)cc1)[C@@H](C)C(=O)NC1CCCCC1)S(=O)(=O)c1ccc(C)c([N+](=O)[O-])c1. The van der Waals surface area contributed by atoms with E-state index in [1.54, 1.807) is 6.92 Å². The number of ether oxygens (including phenoxy) is 1. The molecule has 3 aromatic rings. The predicted octanol–water partition coefficient (Wildman–Crippen LogP) is 5.94. The van der Waals surface area contributed by atoms with Crippen molar-refractivity contribution < 1.29 is 27.7 Å². The maximum absolute atomic E-state index is 14.3. The number of carbonyl (C=O) groups excluding carboxylic acids is 2. The molecule has 2 amide bonds. The minimum absolute atomic E-state index is 0.00459. The quantitative estimate of drug-likeness (QED) is 0.186. The highest BCUT2D eigenvalue weighted by atomic mass is 35.5. The summed E-state index contributed by atoms with van der Waals surface area (Å²) in [6.07, 6.45) is 4.84. The number of nitro benzene ring substituents is 1. The summed E-state index contributed by atoms with van der Waals surface area (Å²) in [6.45, 7) is 4.34. The van der Waals surface area contributed by atoms with Crippen LogP contribution in [0.4, 0.5) is 11.4 Å². The van der Waals surface area contributed by atoms with Crippen molar-refractivity contribution in [3.05, 3.63) is 92.5 Å².